The highest BCUT2D eigenvalue weighted by atomic mass is 79.9. The first kappa shape index (κ1) is 21.1. The van der Waals surface area contributed by atoms with Crippen molar-refractivity contribution < 1.29 is 18.7 Å². The summed E-state index contributed by atoms with van der Waals surface area (Å²) in [6.45, 7) is 0.610. The number of hydrogen-bond donors (Lipinski definition) is 2. The summed E-state index contributed by atoms with van der Waals surface area (Å²) < 4.78 is 19.7. The Balaban J connectivity index is 1.38. The highest BCUT2D eigenvalue weighted by molar-refractivity contribution is 9.10. The highest BCUT2D eigenvalue weighted by Crippen LogP contribution is 2.30. The van der Waals surface area contributed by atoms with E-state index in [2.05, 4.69) is 26.6 Å². The second-order valence-electron chi connectivity index (χ2n) is 7.34. The Morgan fingerprint density at radius 3 is 2.52 bits per heavy atom. The zero-order valence-electron chi connectivity index (χ0n) is 16.5. The maximum absolute atomic E-state index is 13.0. The second kappa shape index (κ2) is 9.31. The molecule has 3 aromatic carbocycles. The predicted octanol–water partition coefficient (Wildman–Crippen LogP) is 4.71. The third-order valence-corrected chi connectivity index (χ3v) is 5.61. The van der Waals surface area contributed by atoms with E-state index in [1.807, 2.05) is 18.2 Å². The van der Waals surface area contributed by atoms with Gasteiger partial charge >= 0.3 is 0 Å². The maximum atomic E-state index is 13.0. The van der Waals surface area contributed by atoms with Crippen LogP contribution in [0.5, 0.6) is 5.75 Å². The molecular formula is C24H20BrFN2O3. The van der Waals surface area contributed by atoms with Crippen molar-refractivity contribution in [1.82, 2.24) is 5.32 Å². The topological polar surface area (TPSA) is 67.4 Å². The Kier molecular flexibility index (Phi) is 6.32. The van der Waals surface area contributed by atoms with E-state index in [1.165, 1.54) is 12.1 Å². The normalized spacial score (nSPS) is 14.8. The van der Waals surface area contributed by atoms with Gasteiger partial charge in [0.15, 0.2) is 0 Å². The number of anilines is 1. The van der Waals surface area contributed by atoms with Crippen LogP contribution in [-0.4, -0.2) is 18.4 Å². The third kappa shape index (κ3) is 5.30. The van der Waals surface area contributed by atoms with Gasteiger partial charge in [-0.15, -0.1) is 0 Å². The molecule has 0 saturated heterocycles. The predicted molar refractivity (Wildman–Crippen MR) is 119 cm³/mol. The summed E-state index contributed by atoms with van der Waals surface area (Å²) in [5.41, 5.74) is 2.88. The van der Waals surface area contributed by atoms with E-state index in [1.54, 1.807) is 36.4 Å². The van der Waals surface area contributed by atoms with Crippen molar-refractivity contribution >= 4 is 33.4 Å². The van der Waals surface area contributed by atoms with Crippen molar-refractivity contribution in [3.05, 3.63) is 93.7 Å². The molecule has 2 amide bonds. The molecule has 0 bridgehead atoms. The van der Waals surface area contributed by atoms with Crippen LogP contribution in [0.15, 0.2) is 71.2 Å². The van der Waals surface area contributed by atoms with Gasteiger partial charge in [0.25, 0.3) is 5.91 Å². The van der Waals surface area contributed by atoms with E-state index in [4.69, 9.17) is 4.74 Å². The first-order chi connectivity index (χ1) is 15.0. The van der Waals surface area contributed by atoms with Gasteiger partial charge in [-0.25, -0.2) is 4.39 Å². The molecule has 158 valence electrons. The van der Waals surface area contributed by atoms with Crippen molar-refractivity contribution in [1.29, 1.82) is 0 Å². The van der Waals surface area contributed by atoms with Crippen LogP contribution >= 0.6 is 15.9 Å². The fourth-order valence-electron chi connectivity index (χ4n) is 3.38. The number of ether oxygens (including phenoxy) is 1. The molecule has 2 N–H and O–H groups in total. The van der Waals surface area contributed by atoms with E-state index < -0.39 is 0 Å². The maximum Gasteiger partial charge on any atom is 0.255 e. The Labute approximate surface area is 187 Å². The molecule has 1 heterocycles. The standard InChI is InChI=1S/C24H20BrFN2O3/c25-19-5-3-16(4-6-19)24(30)28-21-9-10-22-17(12-21)11-18(14-31-22)23(29)27-13-15-1-7-20(26)8-2-15/h1-10,12,18H,11,13-14H2,(H,27,29)(H,28,30). The summed E-state index contributed by atoms with van der Waals surface area (Å²) >= 11 is 3.35. The van der Waals surface area contributed by atoms with Gasteiger partial charge in [-0.1, -0.05) is 28.1 Å². The van der Waals surface area contributed by atoms with Crippen LogP contribution in [0.4, 0.5) is 10.1 Å². The van der Waals surface area contributed by atoms with Gasteiger partial charge < -0.3 is 15.4 Å². The number of hydrogen-bond acceptors (Lipinski definition) is 3. The van der Waals surface area contributed by atoms with Crippen LogP contribution in [0.25, 0.3) is 0 Å². The average molecular weight is 483 g/mol. The largest absolute Gasteiger partial charge is 0.492 e. The molecule has 0 radical (unpaired) electrons. The molecule has 0 aromatic heterocycles. The number of carbonyl (C=O) groups excluding carboxylic acids is 2. The molecule has 5 nitrogen and oxygen atoms in total. The van der Waals surface area contributed by atoms with Crippen molar-refractivity contribution in [2.45, 2.75) is 13.0 Å². The zero-order chi connectivity index (χ0) is 21.8. The van der Waals surface area contributed by atoms with Crippen molar-refractivity contribution in [3.8, 4) is 5.75 Å². The molecule has 0 saturated carbocycles. The van der Waals surface area contributed by atoms with E-state index in [0.29, 0.717) is 30.0 Å². The summed E-state index contributed by atoms with van der Waals surface area (Å²) in [6.07, 6.45) is 0.507. The number of carbonyl (C=O) groups is 2. The first-order valence-corrected chi connectivity index (χ1v) is 10.6. The average Bonchev–Trinajstić information content (AvgIpc) is 2.78. The molecular weight excluding hydrogens is 463 g/mol. The molecule has 1 atom stereocenters. The Morgan fingerprint density at radius 1 is 1.03 bits per heavy atom. The van der Waals surface area contributed by atoms with Crippen molar-refractivity contribution in [3.63, 3.8) is 0 Å². The summed E-state index contributed by atoms with van der Waals surface area (Å²) in [5, 5.41) is 5.76. The number of halogens is 2. The van der Waals surface area contributed by atoms with E-state index >= 15 is 0 Å². The molecule has 4 rings (SSSR count). The van der Waals surface area contributed by atoms with Crippen LogP contribution in [0.2, 0.25) is 0 Å². The monoisotopic (exact) mass is 482 g/mol. The summed E-state index contributed by atoms with van der Waals surface area (Å²) in [7, 11) is 0. The number of nitrogens with one attached hydrogen (secondary N) is 2. The van der Waals surface area contributed by atoms with Gasteiger partial charge in [-0.2, -0.15) is 0 Å². The lowest BCUT2D eigenvalue weighted by atomic mass is 9.95. The summed E-state index contributed by atoms with van der Waals surface area (Å²) in [4.78, 5) is 25.0. The smallest absolute Gasteiger partial charge is 0.255 e. The summed E-state index contributed by atoms with van der Waals surface area (Å²) in [6, 6.07) is 18.5. The molecule has 1 aliphatic rings. The minimum Gasteiger partial charge on any atom is -0.492 e. The van der Waals surface area contributed by atoms with Crippen LogP contribution in [0.1, 0.15) is 21.5 Å². The summed E-state index contributed by atoms with van der Waals surface area (Å²) in [5.74, 6) is -0.276. The van der Waals surface area contributed by atoms with Gasteiger partial charge in [0, 0.05) is 22.3 Å². The lowest BCUT2D eigenvalue weighted by Crippen LogP contribution is -2.37. The highest BCUT2D eigenvalue weighted by Gasteiger charge is 2.26. The van der Waals surface area contributed by atoms with Crippen molar-refractivity contribution in [2.75, 3.05) is 11.9 Å². The van der Waals surface area contributed by atoms with Crippen LogP contribution < -0.4 is 15.4 Å². The Hall–Kier alpha value is -3.19. The SMILES string of the molecule is O=C(Nc1ccc2c(c1)CC(C(=O)NCc1ccc(F)cc1)CO2)c1ccc(Br)cc1. The van der Waals surface area contributed by atoms with Crippen LogP contribution in [0.3, 0.4) is 0 Å². The van der Waals surface area contributed by atoms with Gasteiger partial charge in [0.2, 0.25) is 5.91 Å². The molecule has 0 spiro atoms. The third-order valence-electron chi connectivity index (χ3n) is 5.08. The Bertz CT molecular complexity index is 1100. The zero-order valence-corrected chi connectivity index (χ0v) is 18.1. The Morgan fingerprint density at radius 2 is 1.77 bits per heavy atom. The van der Waals surface area contributed by atoms with Crippen molar-refractivity contribution in [2.24, 2.45) is 5.92 Å². The lowest BCUT2D eigenvalue weighted by molar-refractivity contribution is -0.126. The molecule has 0 fully saturated rings. The van der Waals surface area contributed by atoms with Crippen LogP contribution in [-0.2, 0) is 17.8 Å². The molecule has 31 heavy (non-hydrogen) atoms. The van der Waals surface area contributed by atoms with Gasteiger partial charge in [0.1, 0.15) is 18.2 Å². The minimum atomic E-state index is -0.342. The molecule has 1 unspecified atom stereocenters. The molecule has 7 heteroatoms. The lowest BCUT2D eigenvalue weighted by Gasteiger charge is -2.25. The number of benzene rings is 3. The van der Waals surface area contributed by atoms with E-state index in [-0.39, 0.29) is 30.2 Å². The number of rotatable bonds is 5. The van der Waals surface area contributed by atoms with Gasteiger partial charge in [-0.05, 0) is 72.1 Å². The number of fused-ring (bicyclic) bond motifs is 1. The quantitative estimate of drug-likeness (QED) is 0.553. The van der Waals surface area contributed by atoms with Crippen LogP contribution in [0, 0.1) is 11.7 Å². The molecule has 1 aliphatic heterocycles. The fraction of sp³-hybridized carbons (Fsp3) is 0.167. The van der Waals surface area contributed by atoms with E-state index in [9.17, 15) is 14.0 Å². The second-order valence-corrected chi connectivity index (χ2v) is 8.26. The molecule has 3 aromatic rings. The van der Waals surface area contributed by atoms with E-state index in [0.717, 1.165) is 15.6 Å². The van der Waals surface area contributed by atoms with Gasteiger partial charge in [-0.3, -0.25) is 9.59 Å². The first-order valence-electron chi connectivity index (χ1n) is 9.83. The van der Waals surface area contributed by atoms with Gasteiger partial charge in [0.05, 0.1) is 5.92 Å². The fourth-order valence-corrected chi connectivity index (χ4v) is 3.65. The molecule has 0 aliphatic carbocycles. The number of amides is 2. The minimum absolute atomic E-state index is 0.126.